The summed E-state index contributed by atoms with van der Waals surface area (Å²) in [6, 6.07) is 7.75. The molecule has 0 saturated heterocycles. The van der Waals surface area contributed by atoms with E-state index in [1.54, 1.807) is 0 Å². The molecule has 0 aliphatic rings. The van der Waals surface area contributed by atoms with Crippen LogP contribution in [0.4, 0.5) is 5.69 Å². The SMILES string of the molecule is CC(C)c1ccc(N=[N+]=N)cc1. The predicted octanol–water partition coefficient (Wildman–Crippen LogP) is 2.99. The maximum absolute atomic E-state index is 6.54. The molecule has 0 unspecified atom stereocenters. The third-order valence-corrected chi connectivity index (χ3v) is 1.73. The third-order valence-electron chi connectivity index (χ3n) is 1.73. The second kappa shape index (κ2) is 3.79. The Balaban J connectivity index is 2.92. The van der Waals surface area contributed by atoms with Gasteiger partial charge in [-0.2, -0.15) is 0 Å². The first-order valence-corrected chi connectivity index (χ1v) is 3.91. The van der Waals surface area contributed by atoms with Gasteiger partial charge in [-0.25, -0.2) is 0 Å². The molecule has 0 saturated carbocycles. The minimum atomic E-state index is 0.534. The van der Waals surface area contributed by atoms with Crippen molar-refractivity contribution in [3.05, 3.63) is 29.8 Å². The van der Waals surface area contributed by atoms with Crippen LogP contribution in [0, 0.1) is 5.53 Å². The van der Waals surface area contributed by atoms with Gasteiger partial charge in [-0.3, -0.25) is 0 Å². The van der Waals surface area contributed by atoms with Crippen LogP contribution in [0.15, 0.2) is 29.4 Å². The Bertz CT molecular complexity index is 294. The summed E-state index contributed by atoms with van der Waals surface area (Å²) in [5.74, 6) is 0.534. The molecule has 1 rings (SSSR count). The molecule has 0 aliphatic carbocycles. The monoisotopic (exact) mass is 162 g/mol. The van der Waals surface area contributed by atoms with Crippen molar-refractivity contribution in [2.24, 2.45) is 5.11 Å². The standard InChI is InChI=1S/C9H12N3/c1-7(2)8-3-5-9(6-4-8)11-12-10/h3-7,10H,1-2H3/q+1. The summed E-state index contributed by atoms with van der Waals surface area (Å²) >= 11 is 0. The molecule has 0 aliphatic heterocycles. The number of rotatable bonds is 2. The van der Waals surface area contributed by atoms with Gasteiger partial charge in [0.25, 0.3) is 0 Å². The van der Waals surface area contributed by atoms with E-state index in [0.717, 1.165) is 5.69 Å². The van der Waals surface area contributed by atoms with Crippen molar-refractivity contribution in [2.75, 3.05) is 0 Å². The topological polar surface area (TPSA) is 50.3 Å². The fourth-order valence-electron chi connectivity index (χ4n) is 0.984. The Morgan fingerprint density at radius 1 is 1.25 bits per heavy atom. The Morgan fingerprint density at radius 2 is 1.83 bits per heavy atom. The van der Waals surface area contributed by atoms with Crippen LogP contribution in [-0.4, -0.2) is 0 Å². The lowest BCUT2D eigenvalue weighted by Crippen LogP contribution is -1.84. The first kappa shape index (κ1) is 8.62. The molecular weight excluding hydrogens is 150 g/mol. The van der Waals surface area contributed by atoms with E-state index in [1.165, 1.54) is 5.56 Å². The van der Waals surface area contributed by atoms with Crippen molar-refractivity contribution in [2.45, 2.75) is 19.8 Å². The Kier molecular flexibility index (Phi) is 2.72. The molecule has 3 heteroatoms. The average molecular weight is 162 g/mol. The van der Waals surface area contributed by atoms with Crippen molar-refractivity contribution in [3.63, 3.8) is 0 Å². The van der Waals surface area contributed by atoms with Crippen LogP contribution in [0.1, 0.15) is 25.3 Å². The molecule has 1 aromatic rings. The van der Waals surface area contributed by atoms with Gasteiger partial charge in [0.1, 0.15) is 5.53 Å². The van der Waals surface area contributed by atoms with E-state index in [9.17, 15) is 0 Å². The van der Waals surface area contributed by atoms with Crippen molar-refractivity contribution < 1.29 is 0 Å². The van der Waals surface area contributed by atoms with E-state index < -0.39 is 0 Å². The van der Waals surface area contributed by atoms with E-state index in [4.69, 9.17) is 5.53 Å². The minimum Gasteiger partial charge on any atom is -0.0587 e. The first-order valence-electron chi connectivity index (χ1n) is 3.91. The zero-order valence-corrected chi connectivity index (χ0v) is 7.28. The fraction of sp³-hybridized carbons (Fsp3) is 0.333. The summed E-state index contributed by atoms with van der Waals surface area (Å²) in [6.07, 6.45) is 0. The maximum atomic E-state index is 6.54. The number of nitrogens with one attached hydrogen (secondary N) is 1. The normalized spacial score (nSPS) is 9.58. The zero-order chi connectivity index (χ0) is 8.97. The minimum absolute atomic E-state index is 0.534. The van der Waals surface area contributed by atoms with Gasteiger partial charge in [-0.15, -0.1) is 0 Å². The molecule has 3 nitrogen and oxygen atoms in total. The van der Waals surface area contributed by atoms with Crippen molar-refractivity contribution in [1.29, 1.82) is 5.53 Å². The lowest BCUT2D eigenvalue weighted by atomic mass is 10.0. The van der Waals surface area contributed by atoms with Crippen molar-refractivity contribution >= 4 is 5.69 Å². The molecular formula is C9H12N3+. The van der Waals surface area contributed by atoms with E-state index >= 15 is 0 Å². The third kappa shape index (κ3) is 2.01. The van der Waals surface area contributed by atoms with Gasteiger partial charge in [0, 0.05) is 0 Å². The smallest absolute Gasteiger partial charge is 0.0587 e. The molecule has 0 spiro atoms. The molecule has 0 radical (unpaired) electrons. The lowest BCUT2D eigenvalue weighted by molar-refractivity contribution is 0.866. The van der Waals surface area contributed by atoms with Crippen molar-refractivity contribution in [3.8, 4) is 0 Å². The fourth-order valence-corrected chi connectivity index (χ4v) is 0.984. The summed E-state index contributed by atoms with van der Waals surface area (Å²) in [7, 11) is 0. The summed E-state index contributed by atoms with van der Waals surface area (Å²) in [6.45, 7) is 4.28. The second-order valence-electron chi connectivity index (χ2n) is 2.95. The highest BCUT2D eigenvalue weighted by Gasteiger charge is 1.99. The zero-order valence-electron chi connectivity index (χ0n) is 7.28. The number of hydrogen-bond acceptors (Lipinski definition) is 2. The first-order chi connectivity index (χ1) is 5.74. The van der Waals surface area contributed by atoms with Crippen LogP contribution in [0.3, 0.4) is 0 Å². The van der Waals surface area contributed by atoms with Crippen molar-refractivity contribution in [1.82, 2.24) is 4.91 Å². The Hall–Kier alpha value is -1.47. The summed E-state index contributed by atoms with van der Waals surface area (Å²) in [5.41, 5.74) is 8.54. The molecule has 1 N–H and O–H groups in total. The largest absolute Gasteiger partial charge is 0.220 e. The van der Waals surface area contributed by atoms with Crippen LogP contribution in [0.2, 0.25) is 0 Å². The van der Waals surface area contributed by atoms with E-state index in [0.29, 0.717) is 5.92 Å². The maximum Gasteiger partial charge on any atom is 0.220 e. The van der Waals surface area contributed by atoms with Crippen LogP contribution in [0.5, 0.6) is 0 Å². The summed E-state index contributed by atoms with van der Waals surface area (Å²) in [4.78, 5) is 2.96. The summed E-state index contributed by atoms with van der Waals surface area (Å²) in [5, 5.41) is 3.60. The lowest BCUT2D eigenvalue weighted by Gasteiger charge is -2.02. The second-order valence-corrected chi connectivity index (χ2v) is 2.95. The van der Waals surface area contributed by atoms with Gasteiger partial charge in [-0.1, -0.05) is 26.0 Å². The van der Waals surface area contributed by atoms with E-state index in [-0.39, 0.29) is 0 Å². The molecule has 0 fully saturated rings. The number of benzene rings is 1. The van der Waals surface area contributed by atoms with Gasteiger partial charge in [0.2, 0.25) is 4.91 Å². The highest BCUT2D eigenvalue weighted by Crippen LogP contribution is 2.18. The number of hydrogen-bond donors (Lipinski definition) is 1. The molecule has 62 valence electrons. The quantitative estimate of drug-likeness (QED) is 0.513. The van der Waals surface area contributed by atoms with Crippen LogP contribution >= 0.6 is 0 Å². The Labute approximate surface area is 71.7 Å². The molecule has 0 amide bonds. The molecule has 12 heavy (non-hydrogen) atoms. The number of nitrogens with zero attached hydrogens (tertiary/aromatic N) is 2. The van der Waals surface area contributed by atoms with Crippen LogP contribution < -0.4 is 4.91 Å². The Morgan fingerprint density at radius 3 is 2.25 bits per heavy atom. The van der Waals surface area contributed by atoms with Gasteiger partial charge < -0.3 is 0 Å². The predicted molar refractivity (Wildman–Crippen MR) is 47.5 cm³/mol. The van der Waals surface area contributed by atoms with E-state index in [2.05, 4.69) is 23.9 Å². The van der Waals surface area contributed by atoms with E-state index in [1.807, 2.05) is 24.3 Å². The van der Waals surface area contributed by atoms with Crippen LogP contribution in [0.25, 0.3) is 0 Å². The van der Waals surface area contributed by atoms with Crippen LogP contribution in [-0.2, 0) is 0 Å². The molecule has 1 aromatic carbocycles. The molecule has 0 heterocycles. The van der Waals surface area contributed by atoms with Gasteiger partial charge in [0.15, 0.2) is 10.8 Å². The van der Waals surface area contributed by atoms with Gasteiger partial charge >= 0.3 is 0 Å². The van der Waals surface area contributed by atoms with Gasteiger partial charge in [-0.05, 0) is 23.6 Å². The average Bonchev–Trinajstić information content (AvgIpc) is 2.06. The van der Waals surface area contributed by atoms with Gasteiger partial charge in [0.05, 0.1) is 0 Å². The molecule has 0 aromatic heterocycles. The summed E-state index contributed by atoms with van der Waals surface area (Å²) < 4.78 is 0. The molecule has 0 bridgehead atoms. The molecule has 0 atom stereocenters. The highest BCUT2D eigenvalue weighted by atomic mass is 15.1. The highest BCUT2D eigenvalue weighted by molar-refractivity contribution is 5.38.